The molecule has 0 aliphatic heterocycles. The fourth-order valence-electron chi connectivity index (χ4n) is 0.567. The lowest BCUT2D eigenvalue weighted by Gasteiger charge is -1.94. The van der Waals surface area contributed by atoms with E-state index in [1.165, 1.54) is 42.1 Å². The molecule has 8 heavy (non-hydrogen) atoms. The molecule has 0 aliphatic carbocycles. The first-order chi connectivity index (χ1) is 3.91. The van der Waals surface area contributed by atoms with Crippen LogP contribution in [0.1, 0.15) is 13.3 Å². The molecule has 0 aromatic heterocycles. The summed E-state index contributed by atoms with van der Waals surface area (Å²) in [6.07, 6.45) is 5.82. The summed E-state index contributed by atoms with van der Waals surface area (Å²) in [5.41, 5.74) is 0. The Morgan fingerprint density at radius 2 is 2.00 bits per heavy atom. The highest BCUT2D eigenvalue weighted by Gasteiger charge is 1.82. The predicted molar refractivity (Wildman–Crippen MR) is 47.4 cm³/mol. The van der Waals surface area contributed by atoms with Crippen molar-refractivity contribution in [1.82, 2.24) is 0 Å². The van der Waals surface area contributed by atoms with Gasteiger partial charge in [-0.15, -0.1) is 17.2 Å². The zero-order chi connectivity index (χ0) is 6.24. The van der Waals surface area contributed by atoms with Gasteiger partial charge in [-0.3, -0.25) is 0 Å². The number of hydrogen-bond acceptors (Lipinski definition) is 0. The van der Waals surface area contributed by atoms with Crippen LogP contribution in [-0.2, 0) is 0 Å². The molecule has 0 rings (SSSR count). The van der Waals surface area contributed by atoms with Crippen LogP contribution in [0.3, 0.4) is 0 Å². The monoisotopic (exact) mass is 150 g/mol. The van der Waals surface area contributed by atoms with Gasteiger partial charge < -0.3 is 0 Å². The van der Waals surface area contributed by atoms with E-state index in [9.17, 15) is 0 Å². The van der Waals surface area contributed by atoms with Gasteiger partial charge in [0.2, 0.25) is 0 Å². The van der Waals surface area contributed by atoms with Crippen molar-refractivity contribution in [2.45, 2.75) is 13.3 Å². The topological polar surface area (TPSA) is 0 Å². The molecule has 2 heteroatoms. The van der Waals surface area contributed by atoms with Crippen LogP contribution in [0.2, 0.25) is 0 Å². The van der Waals surface area contributed by atoms with E-state index in [0.29, 0.717) is 0 Å². The number of rotatable bonds is 5. The summed E-state index contributed by atoms with van der Waals surface area (Å²) < 4.78 is 0. The third kappa shape index (κ3) is 6.86. The lowest BCUT2D eigenvalue weighted by Crippen LogP contribution is -1.78. The van der Waals surface area contributed by atoms with Crippen molar-refractivity contribution in [1.29, 1.82) is 0 Å². The molecule has 0 saturated carbocycles. The minimum Gasteiger partial charge on any atom is -0.125 e. The van der Waals surface area contributed by atoms with Gasteiger partial charge in [0.05, 0.1) is 0 Å². The maximum atomic E-state index is 2.29. The molecule has 0 N–H and O–H groups in total. The van der Waals surface area contributed by atoms with E-state index in [1.54, 1.807) is 0 Å². The minimum absolute atomic E-state index is 1.17. The highest BCUT2D eigenvalue weighted by atomic mass is 31.1. The summed E-state index contributed by atoms with van der Waals surface area (Å²) in [6, 6.07) is 0. The van der Waals surface area contributed by atoms with Gasteiger partial charge in [-0.2, -0.15) is 0 Å². The highest BCUT2D eigenvalue weighted by molar-refractivity contribution is 7.38. The maximum absolute atomic E-state index is 2.29. The first kappa shape index (κ1) is 8.86. The average Bonchev–Trinajstić information content (AvgIpc) is 1.81. The second-order valence-electron chi connectivity index (χ2n) is 1.81. The van der Waals surface area contributed by atoms with Gasteiger partial charge >= 0.3 is 0 Å². The molecule has 0 saturated heterocycles. The molecule has 0 spiro atoms. The molecular formula is C6H16P2. The first-order valence-electron chi connectivity index (χ1n) is 3.27. The molecule has 2 unspecified atom stereocenters. The zero-order valence-electron chi connectivity index (χ0n) is 5.83. The highest BCUT2D eigenvalue weighted by Crippen LogP contribution is 2.13. The van der Waals surface area contributed by atoms with E-state index in [4.69, 9.17) is 0 Å². The Hall–Kier alpha value is 0.860. The van der Waals surface area contributed by atoms with Crippen molar-refractivity contribution in [3.8, 4) is 0 Å². The van der Waals surface area contributed by atoms with Crippen LogP contribution in [0.15, 0.2) is 0 Å². The van der Waals surface area contributed by atoms with Crippen LogP contribution in [-0.4, -0.2) is 25.2 Å². The molecule has 0 amide bonds. The summed E-state index contributed by atoms with van der Waals surface area (Å²) in [5, 5.41) is 0. The van der Waals surface area contributed by atoms with E-state index in [1.807, 2.05) is 0 Å². The van der Waals surface area contributed by atoms with Gasteiger partial charge in [-0.05, 0) is 31.6 Å². The molecule has 0 aromatic carbocycles. The molecule has 0 heterocycles. The Kier molecular flexibility index (Phi) is 8.70. The van der Waals surface area contributed by atoms with E-state index in [2.05, 4.69) is 13.6 Å². The van der Waals surface area contributed by atoms with Crippen molar-refractivity contribution in [2.24, 2.45) is 0 Å². The van der Waals surface area contributed by atoms with Gasteiger partial charge in [0.1, 0.15) is 0 Å². The normalized spacial score (nSPS) is 12.8. The zero-order valence-corrected chi connectivity index (χ0v) is 7.83. The number of hydrogen-bond donors (Lipinski definition) is 0. The van der Waals surface area contributed by atoms with Crippen LogP contribution in [0.5, 0.6) is 0 Å². The third-order valence-corrected chi connectivity index (χ3v) is 3.09. The van der Waals surface area contributed by atoms with Crippen molar-refractivity contribution in [3.05, 3.63) is 0 Å². The van der Waals surface area contributed by atoms with Crippen molar-refractivity contribution < 1.29 is 0 Å². The van der Waals surface area contributed by atoms with Crippen LogP contribution in [0.4, 0.5) is 0 Å². The SMILES string of the molecule is CCPCCCPC. The molecule has 0 aromatic rings. The molecule has 0 aliphatic rings. The Labute approximate surface area is 56.4 Å². The Bertz CT molecular complexity index is 31.5. The largest absolute Gasteiger partial charge is 0.125 e. The summed E-state index contributed by atoms with van der Waals surface area (Å²) in [6.45, 7) is 4.56. The minimum atomic E-state index is 1.17. The quantitative estimate of drug-likeness (QED) is 0.417. The van der Waals surface area contributed by atoms with Crippen molar-refractivity contribution in [2.75, 3.05) is 25.2 Å². The summed E-state index contributed by atoms with van der Waals surface area (Å²) in [5.74, 6) is 0. The summed E-state index contributed by atoms with van der Waals surface area (Å²) in [4.78, 5) is 0. The third-order valence-electron chi connectivity index (χ3n) is 1.03. The van der Waals surface area contributed by atoms with Gasteiger partial charge in [-0.25, -0.2) is 0 Å². The fourth-order valence-corrected chi connectivity index (χ4v) is 2.23. The van der Waals surface area contributed by atoms with E-state index in [-0.39, 0.29) is 0 Å². The van der Waals surface area contributed by atoms with Crippen LogP contribution >= 0.6 is 17.2 Å². The standard InChI is InChI=1S/C6H16P2/c1-3-8-6-4-5-7-2/h7-8H,3-6H2,1-2H3. The van der Waals surface area contributed by atoms with Crippen LogP contribution in [0.25, 0.3) is 0 Å². The van der Waals surface area contributed by atoms with Gasteiger partial charge in [-0.1, -0.05) is 6.92 Å². The second-order valence-corrected chi connectivity index (χ2v) is 4.72. The smallest absolute Gasteiger partial charge is 0.0350 e. The molecule has 0 radical (unpaired) electrons. The molecule has 50 valence electrons. The Morgan fingerprint density at radius 3 is 2.50 bits per heavy atom. The molecule has 0 nitrogen and oxygen atoms in total. The predicted octanol–water partition coefficient (Wildman–Crippen LogP) is 2.38. The molecule has 0 fully saturated rings. The Balaban J connectivity index is 2.53. The van der Waals surface area contributed by atoms with E-state index in [0.717, 1.165) is 0 Å². The second kappa shape index (κ2) is 7.86. The van der Waals surface area contributed by atoms with Crippen LogP contribution < -0.4 is 0 Å². The molecular weight excluding hydrogens is 134 g/mol. The van der Waals surface area contributed by atoms with E-state index < -0.39 is 0 Å². The van der Waals surface area contributed by atoms with Crippen LogP contribution in [0, 0.1) is 0 Å². The maximum Gasteiger partial charge on any atom is -0.0350 e. The Morgan fingerprint density at radius 1 is 1.25 bits per heavy atom. The van der Waals surface area contributed by atoms with E-state index >= 15 is 0 Å². The lowest BCUT2D eigenvalue weighted by atomic mass is 10.6. The van der Waals surface area contributed by atoms with Gasteiger partial charge in [0.15, 0.2) is 0 Å². The first-order valence-corrected chi connectivity index (χ1v) is 6.39. The van der Waals surface area contributed by atoms with Crippen molar-refractivity contribution in [3.63, 3.8) is 0 Å². The summed E-state index contributed by atoms with van der Waals surface area (Å²) in [7, 11) is 2.40. The lowest BCUT2D eigenvalue weighted by molar-refractivity contribution is 1.11. The van der Waals surface area contributed by atoms with Gasteiger partial charge in [0, 0.05) is 0 Å². The fraction of sp³-hybridized carbons (Fsp3) is 1.00. The summed E-state index contributed by atoms with van der Waals surface area (Å²) >= 11 is 0. The molecule has 2 atom stereocenters. The van der Waals surface area contributed by atoms with Gasteiger partial charge in [0.25, 0.3) is 0 Å². The molecule has 0 bridgehead atoms. The average molecular weight is 150 g/mol. The van der Waals surface area contributed by atoms with Crippen molar-refractivity contribution >= 4 is 17.2 Å².